The molecule has 0 aliphatic heterocycles. The molecule has 0 radical (unpaired) electrons. The number of nitrogens with one attached hydrogen (secondary N) is 4. The highest BCUT2D eigenvalue weighted by Gasteiger charge is 2.32. The highest BCUT2D eigenvalue weighted by atomic mass is 16.4. The van der Waals surface area contributed by atoms with Crippen molar-refractivity contribution in [2.24, 2.45) is 5.73 Å². The maximum absolute atomic E-state index is 13.5. The summed E-state index contributed by atoms with van der Waals surface area (Å²) in [5, 5.41) is 46.2. The van der Waals surface area contributed by atoms with Gasteiger partial charge in [0, 0.05) is 36.4 Å². The van der Waals surface area contributed by atoms with E-state index in [1.165, 1.54) is 31.2 Å². The molecule has 0 spiro atoms. The zero-order valence-electron chi connectivity index (χ0n) is 23.3. The summed E-state index contributed by atoms with van der Waals surface area (Å²) in [5.41, 5.74) is 7.67. The van der Waals surface area contributed by atoms with Gasteiger partial charge in [0.25, 0.3) is 0 Å². The third-order valence-corrected chi connectivity index (χ3v) is 6.83. The van der Waals surface area contributed by atoms with E-state index in [1.807, 2.05) is 18.2 Å². The van der Waals surface area contributed by atoms with Crippen molar-refractivity contribution in [1.82, 2.24) is 20.9 Å². The number of carbonyl (C=O) groups is 5. The number of phenols is 1. The number of aliphatic hydroxyl groups excluding tert-OH is 1. The highest BCUT2D eigenvalue weighted by molar-refractivity contribution is 5.95. The number of aromatic nitrogens is 1. The molecule has 5 atom stereocenters. The zero-order valence-corrected chi connectivity index (χ0v) is 23.3. The molecule has 3 aromatic rings. The van der Waals surface area contributed by atoms with Crippen LogP contribution in [-0.4, -0.2) is 85.3 Å². The van der Waals surface area contributed by atoms with Gasteiger partial charge in [-0.3, -0.25) is 19.2 Å². The maximum Gasteiger partial charge on any atom is 0.326 e. The molecule has 43 heavy (non-hydrogen) atoms. The average Bonchev–Trinajstić information content (AvgIpc) is 3.37. The molecule has 230 valence electrons. The molecule has 0 aliphatic carbocycles. The van der Waals surface area contributed by atoms with Gasteiger partial charge in [-0.2, -0.15) is 0 Å². The summed E-state index contributed by atoms with van der Waals surface area (Å²) >= 11 is 0. The minimum absolute atomic E-state index is 0.0280. The molecule has 10 N–H and O–H groups in total. The average molecular weight is 598 g/mol. The second kappa shape index (κ2) is 14.8. The Morgan fingerprint density at radius 1 is 0.837 bits per heavy atom. The van der Waals surface area contributed by atoms with E-state index < -0.39 is 66.4 Å². The number of aliphatic carboxylic acids is 2. The number of hydrogen-bond donors (Lipinski definition) is 9. The lowest BCUT2D eigenvalue weighted by Crippen LogP contribution is -2.58. The van der Waals surface area contributed by atoms with E-state index in [-0.39, 0.29) is 25.0 Å². The molecular formula is C29H35N5O9. The van der Waals surface area contributed by atoms with Crippen LogP contribution in [0.15, 0.2) is 54.7 Å². The Morgan fingerprint density at radius 2 is 1.44 bits per heavy atom. The fourth-order valence-corrected chi connectivity index (χ4v) is 4.37. The van der Waals surface area contributed by atoms with Crippen LogP contribution in [-0.2, 0) is 36.8 Å². The molecule has 14 nitrogen and oxygen atoms in total. The minimum Gasteiger partial charge on any atom is -0.508 e. The van der Waals surface area contributed by atoms with Crippen LogP contribution in [0.3, 0.4) is 0 Å². The van der Waals surface area contributed by atoms with Gasteiger partial charge in [-0.1, -0.05) is 30.3 Å². The zero-order chi connectivity index (χ0) is 31.7. The van der Waals surface area contributed by atoms with Crippen molar-refractivity contribution in [3.63, 3.8) is 0 Å². The van der Waals surface area contributed by atoms with Crippen molar-refractivity contribution < 1.29 is 44.4 Å². The Morgan fingerprint density at radius 3 is 2.07 bits per heavy atom. The fourth-order valence-electron chi connectivity index (χ4n) is 4.37. The number of amides is 3. The van der Waals surface area contributed by atoms with Gasteiger partial charge in [0.1, 0.15) is 29.9 Å². The quantitative estimate of drug-likeness (QED) is 0.111. The first-order valence-corrected chi connectivity index (χ1v) is 13.5. The number of aromatic hydroxyl groups is 1. The van der Waals surface area contributed by atoms with Gasteiger partial charge in [0.15, 0.2) is 0 Å². The normalized spacial score (nSPS) is 14.6. The van der Waals surface area contributed by atoms with Crippen molar-refractivity contribution in [3.05, 3.63) is 65.9 Å². The number of phenolic OH excluding ortho intramolecular Hbond substituents is 1. The van der Waals surface area contributed by atoms with Gasteiger partial charge >= 0.3 is 11.9 Å². The number of hydrogen-bond acceptors (Lipinski definition) is 8. The number of aromatic amines is 1. The Hall–Kier alpha value is -4.95. The smallest absolute Gasteiger partial charge is 0.326 e. The largest absolute Gasteiger partial charge is 0.508 e. The number of para-hydroxylation sites is 1. The summed E-state index contributed by atoms with van der Waals surface area (Å²) in [4.78, 5) is 65.8. The fraction of sp³-hybridized carbons (Fsp3) is 0.345. The molecule has 0 fully saturated rings. The van der Waals surface area contributed by atoms with Crippen molar-refractivity contribution in [2.45, 2.75) is 62.9 Å². The predicted molar refractivity (Wildman–Crippen MR) is 154 cm³/mol. The van der Waals surface area contributed by atoms with Gasteiger partial charge < -0.3 is 47.1 Å². The molecule has 0 bridgehead atoms. The van der Waals surface area contributed by atoms with Gasteiger partial charge in [-0.25, -0.2) is 4.79 Å². The highest BCUT2D eigenvalue weighted by Crippen LogP contribution is 2.19. The van der Waals surface area contributed by atoms with Crippen LogP contribution < -0.4 is 21.7 Å². The maximum atomic E-state index is 13.5. The lowest BCUT2D eigenvalue weighted by Gasteiger charge is -2.25. The molecule has 1 aromatic heterocycles. The Labute approximate surface area is 246 Å². The van der Waals surface area contributed by atoms with Gasteiger partial charge in [0.05, 0.1) is 6.10 Å². The van der Waals surface area contributed by atoms with Crippen LogP contribution in [0.5, 0.6) is 5.75 Å². The second-order valence-electron chi connectivity index (χ2n) is 10.2. The molecule has 2 aromatic carbocycles. The molecular weight excluding hydrogens is 562 g/mol. The molecule has 0 aliphatic rings. The van der Waals surface area contributed by atoms with E-state index in [2.05, 4.69) is 20.9 Å². The summed E-state index contributed by atoms with van der Waals surface area (Å²) in [6.45, 7) is 1.31. The molecule has 14 heteroatoms. The number of aliphatic hydroxyl groups is 1. The van der Waals surface area contributed by atoms with Gasteiger partial charge in [-0.05, 0) is 42.7 Å². The monoisotopic (exact) mass is 597 g/mol. The summed E-state index contributed by atoms with van der Waals surface area (Å²) in [5.74, 6) is -5.29. The third-order valence-electron chi connectivity index (χ3n) is 6.83. The Balaban J connectivity index is 1.84. The van der Waals surface area contributed by atoms with E-state index >= 15 is 0 Å². The molecule has 1 heterocycles. The van der Waals surface area contributed by atoms with Crippen molar-refractivity contribution in [1.29, 1.82) is 0 Å². The Bertz CT molecular complexity index is 1450. The second-order valence-corrected chi connectivity index (χ2v) is 10.2. The number of fused-ring (bicyclic) bond motifs is 1. The third kappa shape index (κ3) is 9.28. The van der Waals surface area contributed by atoms with E-state index in [4.69, 9.17) is 5.73 Å². The van der Waals surface area contributed by atoms with Crippen LogP contribution in [0.1, 0.15) is 30.9 Å². The Kier molecular flexibility index (Phi) is 11.2. The molecule has 0 saturated heterocycles. The topological polar surface area (TPSA) is 244 Å². The summed E-state index contributed by atoms with van der Waals surface area (Å²) in [7, 11) is 0. The number of benzene rings is 2. The molecule has 3 amide bonds. The van der Waals surface area contributed by atoms with Crippen LogP contribution in [0.2, 0.25) is 0 Å². The standard InChI is InChI=1S/C29H35N5O9/c1-15(35)25(30)28(41)33-22(13-17-14-31-20-5-3-2-4-19(17)20)27(40)32-21(10-11-24(37)38)26(39)34-23(29(42)43)12-16-6-8-18(36)9-7-16/h2-9,14-15,21-23,25,31,35-36H,10-13,30H2,1H3,(H,32,40)(H,33,41)(H,34,39)(H,37,38)(H,42,43). The lowest BCUT2D eigenvalue weighted by atomic mass is 10.0. The number of carboxylic acids is 2. The number of nitrogens with two attached hydrogens (primary N) is 1. The predicted octanol–water partition coefficient (Wildman–Crippen LogP) is -0.229. The lowest BCUT2D eigenvalue weighted by molar-refractivity contribution is -0.143. The molecule has 3 rings (SSSR count). The first-order chi connectivity index (χ1) is 20.3. The van der Waals surface area contributed by atoms with E-state index in [0.29, 0.717) is 11.1 Å². The van der Waals surface area contributed by atoms with Crippen LogP contribution in [0.25, 0.3) is 10.9 Å². The number of rotatable bonds is 15. The SMILES string of the molecule is CC(O)C(N)C(=O)NC(Cc1c[nH]c2ccccc12)C(=O)NC(CCC(=O)O)C(=O)NC(Cc1ccc(O)cc1)C(=O)O. The molecule has 0 saturated carbocycles. The first kappa shape index (κ1) is 32.6. The number of carbonyl (C=O) groups excluding carboxylic acids is 3. The van der Waals surface area contributed by atoms with E-state index in [1.54, 1.807) is 12.3 Å². The number of carboxylic acid groups (broad SMARTS) is 2. The van der Waals surface area contributed by atoms with Crippen LogP contribution in [0, 0.1) is 0 Å². The summed E-state index contributed by atoms with van der Waals surface area (Å²) < 4.78 is 0. The molecule has 5 unspecified atom stereocenters. The first-order valence-electron chi connectivity index (χ1n) is 13.5. The number of H-pyrrole nitrogens is 1. The van der Waals surface area contributed by atoms with Crippen LogP contribution >= 0.6 is 0 Å². The van der Waals surface area contributed by atoms with E-state index in [9.17, 15) is 44.4 Å². The minimum atomic E-state index is -1.47. The van der Waals surface area contributed by atoms with Crippen LogP contribution in [0.4, 0.5) is 0 Å². The van der Waals surface area contributed by atoms with E-state index in [0.717, 1.165) is 10.9 Å². The van der Waals surface area contributed by atoms with Crippen molar-refractivity contribution in [2.75, 3.05) is 0 Å². The summed E-state index contributed by atoms with van der Waals surface area (Å²) in [6, 6.07) is 7.34. The van der Waals surface area contributed by atoms with Gasteiger partial charge in [-0.15, -0.1) is 0 Å². The van der Waals surface area contributed by atoms with Crippen molar-refractivity contribution in [3.8, 4) is 5.75 Å². The van der Waals surface area contributed by atoms with Crippen molar-refractivity contribution >= 4 is 40.6 Å². The summed E-state index contributed by atoms with van der Waals surface area (Å²) in [6.07, 6.45) is -0.689. The van der Waals surface area contributed by atoms with Gasteiger partial charge in [0.2, 0.25) is 17.7 Å².